The van der Waals surface area contributed by atoms with Crippen LogP contribution in [0.3, 0.4) is 0 Å². The molecule has 0 aliphatic heterocycles. The van der Waals surface area contributed by atoms with Crippen molar-refractivity contribution in [3.05, 3.63) is 5.76 Å². The summed E-state index contributed by atoms with van der Waals surface area (Å²) in [5, 5.41) is 17.2. The zero-order chi connectivity index (χ0) is 11.5. The van der Waals surface area contributed by atoms with E-state index < -0.39 is 5.97 Å². The molecular weight excluding hydrogens is 196 g/mol. The van der Waals surface area contributed by atoms with Gasteiger partial charge in [-0.15, -0.1) is 0 Å². The predicted octanol–water partition coefficient (Wildman–Crippen LogP) is 2.47. The molecule has 0 aromatic rings. The third kappa shape index (κ3) is 10.6. The van der Waals surface area contributed by atoms with Crippen molar-refractivity contribution < 1.29 is 19.8 Å². The topological polar surface area (TPSA) is 74.6 Å². The van der Waals surface area contributed by atoms with Crippen LogP contribution in [0.2, 0.25) is 0 Å². The summed E-state index contributed by atoms with van der Waals surface area (Å²) in [6.45, 7) is 0. The smallest absolute Gasteiger partial charge is 0.303 e. The molecule has 0 unspecified atom stereocenters. The molecule has 0 amide bonds. The summed E-state index contributed by atoms with van der Waals surface area (Å²) in [4.78, 5) is 20.1. The number of hydrogen-bond acceptors (Lipinski definition) is 3. The summed E-state index contributed by atoms with van der Waals surface area (Å²) in [5.74, 6) is 0.498. The third-order valence-corrected chi connectivity index (χ3v) is 2.17. The minimum absolute atomic E-state index is 0.208. The van der Waals surface area contributed by atoms with Crippen molar-refractivity contribution in [3.8, 4) is 0 Å². The first-order chi connectivity index (χ1) is 7.16. The van der Waals surface area contributed by atoms with Gasteiger partial charge < -0.3 is 10.2 Å². The molecule has 2 N–H and O–H groups in total. The van der Waals surface area contributed by atoms with Crippen LogP contribution in [-0.4, -0.2) is 22.1 Å². The molecule has 0 fully saturated rings. The maximum atomic E-state index is 10.2. The van der Waals surface area contributed by atoms with Crippen LogP contribution in [0.1, 0.15) is 51.4 Å². The van der Waals surface area contributed by atoms with E-state index in [1.807, 2.05) is 0 Å². The Kier molecular flexibility index (Phi) is 8.49. The number of carbonyl (C=O) groups is 1. The lowest BCUT2D eigenvalue weighted by Gasteiger charge is -1.99. The van der Waals surface area contributed by atoms with Gasteiger partial charge in [-0.25, -0.2) is 4.79 Å². The number of hydrogen-bond donors (Lipinski definition) is 2. The van der Waals surface area contributed by atoms with E-state index in [4.69, 9.17) is 10.2 Å². The fourth-order valence-electron chi connectivity index (χ4n) is 1.33. The Morgan fingerprint density at radius 3 is 1.80 bits per heavy atom. The van der Waals surface area contributed by atoms with Gasteiger partial charge in [0.2, 0.25) is 0 Å². The molecule has 0 heterocycles. The summed E-state index contributed by atoms with van der Waals surface area (Å²) in [6, 6.07) is 0. The van der Waals surface area contributed by atoms with Crippen molar-refractivity contribution in [2.75, 3.05) is 0 Å². The number of allylic oxidation sites excluding steroid dienone is 1. The lowest BCUT2D eigenvalue weighted by Crippen LogP contribution is -1.93. The van der Waals surface area contributed by atoms with Gasteiger partial charge >= 0.3 is 5.97 Å². The zero-order valence-corrected chi connectivity index (χ0v) is 8.87. The van der Waals surface area contributed by atoms with Gasteiger partial charge in [0.1, 0.15) is 0 Å². The van der Waals surface area contributed by atoms with Crippen LogP contribution in [0, 0.1) is 0 Å². The second-order valence-corrected chi connectivity index (χ2v) is 3.56. The molecule has 15 heavy (non-hydrogen) atoms. The molecule has 4 heteroatoms. The fourth-order valence-corrected chi connectivity index (χ4v) is 1.33. The van der Waals surface area contributed by atoms with Crippen LogP contribution in [0.15, 0.2) is 5.76 Å². The van der Waals surface area contributed by atoms with Crippen LogP contribution >= 0.6 is 0 Å². The summed E-state index contributed by atoms with van der Waals surface area (Å²) in [7, 11) is 0. The SMILES string of the molecule is O=C=C(O)CCCCCCCCC(=O)O. The van der Waals surface area contributed by atoms with Crippen molar-refractivity contribution in [2.24, 2.45) is 0 Å². The van der Waals surface area contributed by atoms with Gasteiger partial charge in [-0.3, -0.25) is 4.79 Å². The Morgan fingerprint density at radius 1 is 0.867 bits per heavy atom. The quantitative estimate of drug-likeness (QED) is 0.351. The summed E-state index contributed by atoms with van der Waals surface area (Å²) >= 11 is 0. The highest BCUT2D eigenvalue weighted by atomic mass is 16.4. The minimum atomic E-state index is -0.740. The number of aliphatic hydroxyl groups excluding tert-OH is 1. The zero-order valence-electron chi connectivity index (χ0n) is 8.87. The highest BCUT2D eigenvalue weighted by Gasteiger charge is 1.97. The van der Waals surface area contributed by atoms with Crippen molar-refractivity contribution >= 4 is 11.9 Å². The van der Waals surface area contributed by atoms with E-state index in [2.05, 4.69) is 0 Å². The van der Waals surface area contributed by atoms with E-state index in [-0.39, 0.29) is 12.2 Å². The van der Waals surface area contributed by atoms with Crippen LogP contribution in [0.25, 0.3) is 0 Å². The fraction of sp³-hybridized carbons (Fsp3) is 0.727. The first kappa shape index (κ1) is 13.7. The van der Waals surface area contributed by atoms with Crippen molar-refractivity contribution in [1.82, 2.24) is 0 Å². The van der Waals surface area contributed by atoms with E-state index >= 15 is 0 Å². The van der Waals surface area contributed by atoms with Crippen molar-refractivity contribution in [3.63, 3.8) is 0 Å². The van der Waals surface area contributed by atoms with Gasteiger partial charge in [0.15, 0.2) is 11.7 Å². The predicted molar refractivity (Wildman–Crippen MR) is 56.4 cm³/mol. The average Bonchev–Trinajstić information content (AvgIpc) is 2.21. The van der Waals surface area contributed by atoms with E-state index in [0.29, 0.717) is 6.42 Å². The number of aliphatic hydroxyl groups is 1. The minimum Gasteiger partial charge on any atom is -0.502 e. The van der Waals surface area contributed by atoms with Crippen LogP contribution in [0.5, 0.6) is 0 Å². The average molecular weight is 214 g/mol. The second-order valence-electron chi connectivity index (χ2n) is 3.56. The Morgan fingerprint density at radius 2 is 1.33 bits per heavy atom. The summed E-state index contributed by atoms with van der Waals surface area (Å²) in [6.07, 6.45) is 6.09. The molecule has 0 atom stereocenters. The Hall–Kier alpha value is -1.28. The maximum Gasteiger partial charge on any atom is 0.303 e. The number of carboxylic acid groups (broad SMARTS) is 1. The van der Waals surface area contributed by atoms with Crippen LogP contribution in [0.4, 0.5) is 0 Å². The van der Waals surface area contributed by atoms with Gasteiger partial charge in [0.25, 0.3) is 0 Å². The maximum absolute atomic E-state index is 10.2. The standard InChI is InChI=1S/C11H18O4/c12-9-10(13)7-5-3-1-2-4-6-8-11(14)15/h13H,1-8H2,(H,14,15). The molecule has 0 aromatic carbocycles. The molecule has 0 spiro atoms. The van der Waals surface area contributed by atoms with Crippen LogP contribution < -0.4 is 0 Å². The molecule has 86 valence electrons. The molecule has 0 aromatic heterocycles. The second kappa shape index (κ2) is 9.28. The molecule has 0 saturated carbocycles. The monoisotopic (exact) mass is 214 g/mol. The molecule has 0 rings (SSSR count). The summed E-state index contributed by atoms with van der Waals surface area (Å²) < 4.78 is 0. The van der Waals surface area contributed by atoms with Gasteiger partial charge in [-0.05, 0) is 12.8 Å². The Bertz CT molecular complexity index is 229. The molecule has 0 radical (unpaired) electrons. The van der Waals surface area contributed by atoms with E-state index in [1.54, 1.807) is 0 Å². The molecule has 4 nitrogen and oxygen atoms in total. The van der Waals surface area contributed by atoms with Gasteiger partial charge in [0.05, 0.1) is 0 Å². The molecule has 0 aliphatic rings. The number of carbonyl (C=O) groups excluding carboxylic acids is 1. The Labute approximate surface area is 89.6 Å². The van der Waals surface area contributed by atoms with E-state index in [9.17, 15) is 9.59 Å². The number of carboxylic acids is 1. The molecule has 0 aliphatic carbocycles. The number of rotatable bonds is 9. The van der Waals surface area contributed by atoms with Gasteiger partial charge in [-0.2, -0.15) is 0 Å². The number of unbranched alkanes of at least 4 members (excludes halogenated alkanes) is 5. The first-order valence-corrected chi connectivity index (χ1v) is 5.31. The Balaban J connectivity index is 3.12. The molecule has 0 saturated heterocycles. The largest absolute Gasteiger partial charge is 0.502 e. The highest BCUT2D eigenvalue weighted by molar-refractivity contribution is 5.66. The number of aliphatic carboxylic acids is 1. The molecule has 0 bridgehead atoms. The molecular formula is C11H18O4. The van der Waals surface area contributed by atoms with Crippen molar-refractivity contribution in [1.29, 1.82) is 0 Å². The van der Waals surface area contributed by atoms with Gasteiger partial charge in [0, 0.05) is 12.8 Å². The van der Waals surface area contributed by atoms with E-state index in [1.165, 1.54) is 5.94 Å². The van der Waals surface area contributed by atoms with Crippen molar-refractivity contribution in [2.45, 2.75) is 51.4 Å². The van der Waals surface area contributed by atoms with Gasteiger partial charge in [-0.1, -0.05) is 25.7 Å². The first-order valence-electron chi connectivity index (χ1n) is 5.31. The normalized spacial score (nSPS) is 9.60. The third-order valence-electron chi connectivity index (χ3n) is 2.17. The highest BCUT2D eigenvalue weighted by Crippen LogP contribution is 2.09. The summed E-state index contributed by atoms with van der Waals surface area (Å²) in [5.41, 5.74) is 0. The lowest BCUT2D eigenvalue weighted by atomic mass is 10.1. The van der Waals surface area contributed by atoms with E-state index in [0.717, 1.165) is 38.5 Å². The van der Waals surface area contributed by atoms with Crippen LogP contribution in [-0.2, 0) is 9.59 Å². The lowest BCUT2D eigenvalue weighted by molar-refractivity contribution is -0.137.